The molecule has 1 heterocycles. The summed E-state index contributed by atoms with van der Waals surface area (Å²) in [5, 5.41) is 0. The topological polar surface area (TPSA) is 29.5 Å². The highest BCUT2D eigenvalue weighted by Crippen LogP contribution is 2.10. The third-order valence-corrected chi connectivity index (χ3v) is 2.19. The largest absolute Gasteiger partial charge is 0.379 e. The molecule has 0 spiro atoms. The molecular weight excluding hydrogens is 166 g/mol. The Bertz CT molecular complexity index is 145. The summed E-state index contributed by atoms with van der Waals surface area (Å²) in [4.78, 5) is 12.7. The number of amides is 1. The number of hydrogen-bond donors (Lipinski definition) is 0. The van der Waals surface area contributed by atoms with E-state index in [-0.39, 0.29) is 17.8 Å². The molecule has 0 aromatic carbocycles. The molecule has 1 aliphatic rings. The van der Waals surface area contributed by atoms with E-state index in [0.29, 0.717) is 6.61 Å². The Morgan fingerprint density at radius 2 is 2.55 bits per heavy atom. The number of nitrogens with zero attached hydrogens (tertiary/aromatic N) is 1. The second-order valence-electron chi connectivity index (χ2n) is 2.66. The van der Waals surface area contributed by atoms with Crippen LogP contribution in [0.3, 0.4) is 0 Å². The van der Waals surface area contributed by atoms with Crippen LogP contribution in [-0.2, 0) is 9.53 Å². The van der Waals surface area contributed by atoms with Gasteiger partial charge in [-0.1, -0.05) is 0 Å². The summed E-state index contributed by atoms with van der Waals surface area (Å²) in [6.45, 7) is 1.41. The van der Waals surface area contributed by atoms with Crippen LogP contribution in [0.5, 0.6) is 0 Å². The first-order valence-corrected chi connectivity index (χ1v) is 4.18. The Morgan fingerprint density at radius 3 is 3.00 bits per heavy atom. The molecule has 1 aliphatic heterocycles. The van der Waals surface area contributed by atoms with E-state index in [4.69, 9.17) is 16.3 Å². The molecule has 0 N–H and O–H groups in total. The average Bonchev–Trinajstić information content (AvgIpc) is 2.53. The van der Waals surface area contributed by atoms with Crippen molar-refractivity contribution in [2.24, 2.45) is 0 Å². The predicted octanol–water partition coefficient (Wildman–Crippen LogP) is 0.472. The van der Waals surface area contributed by atoms with Crippen LogP contribution in [0, 0.1) is 0 Å². The van der Waals surface area contributed by atoms with Crippen LogP contribution < -0.4 is 0 Å². The summed E-state index contributed by atoms with van der Waals surface area (Å²) in [6, 6.07) is 0.237. The van der Waals surface area contributed by atoms with Crippen LogP contribution in [0.1, 0.15) is 6.42 Å². The van der Waals surface area contributed by atoms with Gasteiger partial charge >= 0.3 is 0 Å². The molecule has 0 aliphatic carbocycles. The van der Waals surface area contributed by atoms with Crippen molar-refractivity contribution in [2.45, 2.75) is 12.5 Å². The summed E-state index contributed by atoms with van der Waals surface area (Å²) >= 11 is 5.39. The van der Waals surface area contributed by atoms with Gasteiger partial charge in [0, 0.05) is 13.7 Å². The molecule has 0 radical (unpaired) electrons. The molecule has 0 bridgehead atoms. The van der Waals surface area contributed by atoms with Gasteiger partial charge in [-0.3, -0.25) is 4.79 Å². The lowest BCUT2D eigenvalue weighted by Crippen LogP contribution is -2.38. The zero-order valence-corrected chi connectivity index (χ0v) is 7.30. The maximum atomic E-state index is 11.0. The minimum atomic E-state index is -0.0258. The Balaban J connectivity index is 2.39. The molecule has 1 fully saturated rings. The molecule has 0 saturated carbocycles. The second kappa shape index (κ2) is 3.93. The van der Waals surface area contributed by atoms with E-state index in [1.54, 1.807) is 11.9 Å². The lowest BCUT2D eigenvalue weighted by molar-refractivity contribution is -0.129. The monoisotopic (exact) mass is 177 g/mol. The summed E-state index contributed by atoms with van der Waals surface area (Å²) in [7, 11) is 1.77. The van der Waals surface area contributed by atoms with Crippen LogP contribution >= 0.6 is 11.6 Å². The van der Waals surface area contributed by atoms with E-state index in [1.807, 2.05) is 0 Å². The molecule has 3 nitrogen and oxygen atoms in total. The Kier molecular flexibility index (Phi) is 3.15. The number of ether oxygens (including phenoxy) is 1. The fraction of sp³-hybridized carbons (Fsp3) is 0.857. The van der Waals surface area contributed by atoms with E-state index in [0.717, 1.165) is 13.0 Å². The maximum absolute atomic E-state index is 11.0. The van der Waals surface area contributed by atoms with Crippen LogP contribution in [0.25, 0.3) is 0 Å². The van der Waals surface area contributed by atoms with Gasteiger partial charge in [0.15, 0.2) is 0 Å². The van der Waals surface area contributed by atoms with E-state index in [9.17, 15) is 4.79 Å². The van der Waals surface area contributed by atoms with Gasteiger partial charge in [-0.15, -0.1) is 11.6 Å². The van der Waals surface area contributed by atoms with Crippen molar-refractivity contribution in [3.63, 3.8) is 0 Å². The van der Waals surface area contributed by atoms with Gasteiger partial charge in [-0.2, -0.15) is 0 Å². The lowest BCUT2D eigenvalue weighted by Gasteiger charge is -2.21. The summed E-state index contributed by atoms with van der Waals surface area (Å²) in [6.07, 6.45) is 0.930. The van der Waals surface area contributed by atoms with Crippen LogP contribution in [0.4, 0.5) is 0 Å². The number of carbonyl (C=O) groups excluding carboxylic acids is 1. The molecular formula is C7H12ClNO2. The van der Waals surface area contributed by atoms with Gasteiger partial charge in [0.1, 0.15) is 5.88 Å². The molecule has 0 aromatic heterocycles. The third kappa shape index (κ3) is 2.07. The number of rotatable bonds is 2. The van der Waals surface area contributed by atoms with E-state index >= 15 is 0 Å². The van der Waals surface area contributed by atoms with Crippen molar-refractivity contribution < 1.29 is 9.53 Å². The first-order chi connectivity index (χ1) is 5.25. The van der Waals surface area contributed by atoms with E-state index in [2.05, 4.69) is 0 Å². The molecule has 1 rings (SSSR count). The third-order valence-electron chi connectivity index (χ3n) is 1.96. The summed E-state index contributed by atoms with van der Waals surface area (Å²) in [5.74, 6) is 0.0367. The van der Waals surface area contributed by atoms with Crippen molar-refractivity contribution in [3.8, 4) is 0 Å². The predicted molar refractivity (Wildman–Crippen MR) is 42.7 cm³/mol. The fourth-order valence-electron chi connectivity index (χ4n) is 1.13. The number of halogens is 1. The zero-order valence-electron chi connectivity index (χ0n) is 6.55. The van der Waals surface area contributed by atoms with Crippen molar-refractivity contribution in [1.29, 1.82) is 0 Å². The maximum Gasteiger partial charge on any atom is 0.237 e. The number of carbonyl (C=O) groups is 1. The van der Waals surface area contributed by atoms with Crippen LogP contribution in [-0.4, -0.2) is 43.0 Å². The molecule has 64 valence electrons. The summed E-state index contributed by atoms with van der Waals surface area (Å²) in [5.41, 5.74) is 0. The van der Waals surface area contributed by atoms with Crippen molar-refractivity contribution in [1.82, 2.24) is 4.90 Å². The highest BCUT2D eigenvalue weighted by molar-refractivity contribution is 6.27. The highest BCUT2D eigenvalue weighted by Gasteiger charge is 2.22. The number of hydrogen-bond acceptors (Lipinski definition) is 2. The highest BCUT2D eigenvalue weighted by atomic mass is 35.5. The molecule has 0 aromatic rings. The first kappa shape index (κ1) is 8.81. The average molecular weight is 178 g/mol. The van der Waals surface area contributed by atoms with Gasteiger partial charge in [0.05, 0.1) is 12.6 Å². The molecule has 1 saturated heterocycles. The zero-order chi connectivity index (χ0) is 8.27. The van der Waals surface area contributed by atoms with Crippen molar-refractivity contribution in [2.75, 3.05) is 26.1 Å². The van der Waals surface area contributed by atoms with Gasteiger partial charge in [-0.05, 0) is 6.42 Å². The Morgan fingerprint density at radius 1 is 1.82 bits per heavy atom. The standard InChI is InChI=1S/C7H12ClNO2/c1-9(7(10)4-8)6-2-3-11-5-6/h6H,2-5H2,1H3. The first-order valence-electron chi connectivity index (χ1n) is 3.65. The van der Waals surface area contributed by atoms with Gasteiger partial charge in [-0.25, -0.2) is 0 Å². The van der Waals surface area contributed by atoms with Gasteiger partial charge in [0.2, 0.25) is 5.91 Å². The number of alkyl halides is 1. The van der Waals surface area contributed by atoms with Crippen molar-refractivity contribution >= 4 is 17.5 Å². The van der Waals surface area contributed by atoms with Crippen molar-refractivity contribution in [3.05, 3.63) is 0 Å². The Hall–Kier alpha value is -0.280. The van der Waals surface area contributed by atoms with Gasteiger partial charge < -0.3 is 9.64 Å². The van der Waals surface area contributed by atoms with E-state index in [1.165, 1.54) is 0 Å². The fourth-order valence-corrected chi connectivity index (χ4v) is 1.31. The summed E-state index contributed by atoms with van der Waals surface area (Å²) < 4.78 is 5.14. The lowest BCUT2D eigenvalue weighted by atomic mass is 10.2. The second-order valence-corrected chi connectivity index (χ2v) is 2.92. The quantitative estimate of drug-likeness (QED) is 0.574. The molecule has 1 unspecified atom stereocenters. The molecule has 4 heteroatoms. The van der Waals surface area contributed by atoms with Crippen LogP contribution in [0.15, 0.2) is 0 Å². The number of likely N-dealkylation sites (N-methyl/N-ethyl adjacent to an activating group) is 1. The van der Waals surface area contributed by atoms with Gasteiger partial charge in [0.25, 0.3) is 0 Å². The minimum absolute atomic E-state index is 0.0258. The minimum Gasteiger partial charge on any atom is -0.379 e. The molecule has 1 amide bonds. The SMILES string of the molecule is CN(C(=O)CCl)C1CCOC1. The van der Waals surface area contributed by atoms with Crippen LogP contribution in [0.2, 0.25) is 0 Å². The molecule has 1 atom stereocenters. The molecule has 11 heavy (non-hydrogen) atoms. The normalized spacial score (nSPS) is 23.6. The smallest absolute Gasteiger partial charge is 0.237 e. The Labute approximate surface area is 71.3 Å². The van der Waals surface area contributed by atoms with E-state index < -0.39 is 0 Å².